The molecule has 0 atom stereocenters. The largest absolute Gasteiger partial charge is 0.440 e. The number of aromatic amines is 1. The number of nitrogens with zero attached hydrogens (tertiary/aromatic N) is 3. The zero-order valence-corrected chi connectivity index (χ0v) is 18.0. The van der Waals surface area contributed by atoms with Gasteiger partial charge in [-0.05, 0) is 47.5 Å². The summed E-state index contributed by atoms with van der Waals surface area (Å²) in [5, 5.41) is 0. The van der Waals surface area contributed by atoms with Crippen molar-refractivity contribution < 1.29 is 13.9 Å². The SMILES string of the molecule is O=C1OC2(CCN(c3nc4cc(-c5ccc(F)cc5)ccc4[nH]3)CC2)CN1c1ccccc1. The topological polar surface area (TPSA) is 61.5 Å². The highest BCUT2D eigenvalue weighted by molar-refractivity contribution is 5.90. The summed E-state index contributed by atoms with van der Waals surface area (Å²) in [7, 11) is 0. The van der Waals surface area contributed by atoms with Crippen LogP contribution in [0.25, 0.3) is 22.2 Å². The first kappa shape index (κ1) is 19.8. The van der Waals surface area contributed by atoms with Crippen LogP contribution in [0.5, 0.6) is 0 Å². The van der Waals surface area contributed by atoms with Crippen molar-refractivity contribution in [1.82, 2.24) is 9.97 Å². The smallest absolute Gasteiger partial charge is 0.415 e. The van der Waals surface area contributed by atoms with Gasteiger partial charge in [0.1, 0.15) is 11.4 Å². The van der Waals surface area contributed by atoms with E-state index in [9.17, 15) is 9.18 Å². The van der Waals surface area contributed by atoms with Crippen molar-refractivity contribution in [1.29, 1.82) is 0 Å². The van der Waals surface area contributed by atoms with Gasteiger partial charge in [-0.3, -0.25) is 4.90 Å². The molecular formula is C26H23FN4O2. The number of amides is 1. The number of rotatable bonds is 3. The molecule has 3 aromatic carbocycles. The third kappa shape index (κ3) is 3.59. The first-order valence-corrected chi connectivity index (χ1v) is 11.1. The van der Waals surface area contributed by atoms with Crippen LogP contribution in [0.2, 0.25) is 0 Å². The fraction of sp³-hybridized carbons (Fsp3) is 0.231. The van der Waals surface area contributed by atoms with Crippen LogP contribution in [-0.2, 0) is 4.74 Å². The molecule has 6 nitrogen and oxygen atoms in total. The van der Waals surface area contributed by atoms with Crippen LogP contribution in [0.4, 0.5) is 20.8 Å². The van der Waals surface area contributed by atoms with E-state index in [-0.39, 0.29) is 11.9 Å². The maximum atomic E-state index is 13.3. The first-order valence-electron chi connectivity index (χ1n) is 11.1. The van der Waals surface area contributed by atoms with Crippen molar-refractivity contribution in [3.05, 3.63) is 78.6 Å². The van der Waals surface area contributed by atoms with Crippen molar-refractivity contribution in [3.63, 3.8) is 0 Å². The van der Waals surface area contributed by atoms with Gasteiger partial charge < -0.3 is 14.6 Å². The van der Waals surface area contributed by atoms with E-state index in [4.69, 9.17) is 9.72 Å². The first-order chi connectivity index (χ1) is 16.1. The zero-order chi connectivity index (χ0) is 22.4. The number of ether oxygens (including phenoxy) is 1. The zero-order valence-electron chi connectivity index (χ0n) is 18.0. The molecule has 6 rings (SSSR count). The van der Waals surface area contributed by atoms with E-state index in [2.05, 4.69) is 9.88 Å². The number of hydrogen-bond donors (Lipinski definition) is 1. The molecule has 0 bridgehead atoms. The molecule has 0 unspecified atom stereocenters. The van der Waals surface area contributed by atoms with E-state index in [1.54, 1.807) is 17.0 Å². The van der Waals surface area contributed by atoms with Crippen LogP contribution in [0.1, 0.15) is 12.8 Å². The van der Waals surface area contributed by atoms with Crippen LogP contribution in [0.3, 0.4) is 0 Å². The van der Waals surface area contributed by atoms with E-state index in [1.807, 2.05) is 48.5 Å². The second-order valence-electron chi connectivity index (χ2n) is 8.76. The maximum Gasteiger partial charge on any atom is 0.415 e. The average Bonchev–Trinajstić information content (AvgIpc) is 3.41. The summed E-state index contributed by atoms with van der Waals surface area (Å²) in [6.45, 7) is 2.08. The predicted octanol–water partition coefficient (Wildman–Crippen LogP) is 5.36. The molecule has 1 N–H and O–H groups in total. The number of anilines is 2. The van der Waals surface area contributed by atoms with Crippen molar-refractivity contribution in [3.8, 4) is 11.1 Å². The Balaban J connectivity index is 1.18. The van der Waals surface area contributed by atoms with E-state index in [1.165, 1.54) is 12.1 Å². The lowest BCUT2D eigenvalue weighted by molar-refractivity contribution is 0.0365. The number of H-pyrrole nitrogens is 1. The highest BCUT2D eigenvalue weighted by Gasteiger charge is 2.47. The third-order valence-corrected chi connectivity index (χ3v) is 6.66. The normalized spacial score (nSPS) is 17.7. The highest BCUT2D eigenvalue weighted by Crippen LogP contribution is 2.37. The number of hydrogen-bond acceptors (Lipinski definition) is 4. The molecule has 0 aliphatic carbocycles. The molecule has 2 aliphatic rings. The van der Waals surface area contributed by atoms with Gasteiger partial charge >= 0.3 is 6.09 Å². The number of halogens is 1. The lowest BCUT2D eigenvalue weighted by Gasteiger charge is -2.37. The monoisotopic (exact) mass is 442 g/mol. The molecule has 4 aromatic rings. The van der Waals surface area contributed by atoms with Crippen LogP contribution in [-0.4, -0.2) is 41.3 Å². The Kier molecular flexibility index (Phi) is 4.57. The van der Waals surface area contributed by atoms with Crippen LogP contribution in [0.15, 0.2) is 72.8 Å². The van der Waals surface area contributed by atoms with E-state index < -0.39 is 5.60 Å². The Bertz CT molecular complexity index is 1310. The lowest BCUT2D eigenvalue weighted by atomic mass is 9.91. The van der Waals surface area contributed by atoms with Gasteiger partial charge in [-0.25, -0.2) is 14.2 Å². The van der Waals surface area contributed by atoms with Gasteiger partial charge in [-0.2, -0.15) is 0 Å². The molecule has 1 aromatic heterocycles. The number of piperidine rings is 1. The Hall–Kier alpha value is -3.87. The number of imidazole rings is 1. The van der Waals surface area contributed by atoms with Crippen molar-refractivity contribution in [2.75, 3.05) is 29.4 Å². The Morgan fingerprint density at radius 2 is 1.67 bits per heavy atom. The highest BCUT2D eigenvalue weighted by atomic mass is 19.1. The summed E-state index contributed by atoms with van der Waals surface area (Å²) in [5.74, 6) is 0.574. The minimum absolute atomic E-state index is 0.246. The van der Waals surface area contributed by atoms with E-state index in [0.717, 1.165) is 59.7 Å². The number of carbonyl (C=O) groups is 1. The number of nitrogens with one attached hydrogen (secondary N) is 1. The fourth-order valence-corrected chi connectivity index (χ4v) is 4.78. The number of fused-ring (bicyclic) bond motifs is 1. The van der Waals surface area contributed by atoms with Crippen LogP contribution >= 0.6 is 0 Å². The molecule has 1 amide bonds. The molecule has 7 heteroatoms. The molecule has 2 fully saturated rings. The second-order valence-corrected chi connectivity index (χ2v) is 8.76. The summed E-state index contributed by atoms with van der Waals surface area (Å²) in [6.07, 6.45) is 1.23. The van der Waals surface area contributed by atoms with E-state index in [0.29, 0.717) is 6.54 Å². The fourth-order valence-electron chi connectivity index (χ4n) is 4.78. The van der Waals surface area contributed by atoms with Gasteiger partial charge in [-0.1, -0.05) is 36.4 Å². The molecule has 0 saturated carbocycles. The third-order valence-electron chi connectivity index (χ3n) is 6.66. The molecule has 0 radical (unpaired) electrons. The summed E-state index contributed by atoms with van der Waals surface area (Å²) in [6, 6.07) is 22.2. The van der Waals surface area contributed by atoms with Crippen LogP contribution < -0.4 is 9.80 Å². The molecule has 166 valence electrons. The van der Waals surface area contributed by atoms with Gasteiger partial charge in [0.15, 0.2) is 0 Å². The Labute approximate surface area is 190 Å². The average molecular weight is 442 g/mol. The number of para-hydroxylation sites is 1. The summed E-state index contributed by atoms with van der Waals surface area (Å²) in [5.41, 5.74) is 4.20. The second kappa shape index (κ2) is 7.62. The van der Waals surface area contributed by atoms with Gasteiger partial charge in [-0.15, -0.1) is 0 Å². The Morgan fingerprint density at radius 1 is 0.939 bits per heavy atom. The van der Waals surface area contributed by atoms with Crippen molar-refractivity contribution in [2.24, 2.45) is 0 Å². The van der Waals surface area contributed by atoms with Gasteiger partial charge in [0, 0.05) is 31.6 Å². The number of benzene rings is 3. The van der Waals surface area contributed by atoms with Gasteiger partial charge in [0.25, 0.3) is 0 Å². The van der Waals surface area contributed by atoms with E-state index >= 15 is 0 Å². The van der Waals surface area contributed by atoms with Crippen LogP contribution in [0, 0.1) is 5.82 Å². The molecule has 2 saturated heterocycles. The minimum atomic E-state index is -0.453. The lowest BCUT2D eigenvalue weighted by Crippen LogP contribution is -2.47. The van der Waals surface area contributed by atoms with Gasteiger partial charge in [0.2, 0.25) is 5.95 Å². The van der Waals surface area contributed by atoms with Gasteiger partial charge in [0.05, 0.1) is 17.6 Å². The maximum absolute atomic E-state index is 13.3. The molecule has 3 heterocycles. The molecule has 1 spiro atoms. The number of aromatic nitrogens is 2. The molecule has 33 heavy (non-hydrogen) atoms. The minimum Gasteiger partial charge on any atom is -0.440 e. The predicted molar refractivity (Wildman–Crippen MR) is 126 cm³/mol. The number of carbonyl (C=O) groups excluding carboxylic acids is 1. The standard InChI is InChI=1S/C26H23FN4O2/c27-20-9-6-18(7-10-20)19-8-11-22-23(16-19)29-24(28-22)30-14-12-26(13-15-30)17-31(25(32)33-26)21-4-2-1-3-5-21/h1-11,16H,12-15,17H2,(H,28,29). The summed E-state index contributed by atoms with van der Waals surface area (Å²) in [4.78, 5) is 24.7. The molecule has 2 aliphatic heterocycles. The van der Waals surface area contributed by atoms with Crippen molar-refractivity contribution in [2.45, 2.75) is 18.4 Å². The molecular weight excluding hydrogens is 419 g/mol. The summed E-state index contributed by atoms with van der Waals surface area (Å²) < 4.78 is 19.1. The van der Waals surface area contributed by atoms with Crippen molar-refractivity contribution >= 4 is 28.8 Å². The Morgan fingerprint density at radius 3 is 2.42 bits per heavy atom. The summed E-state index contributed by atoms with van der Waals surface area (Å²) >= 11 is 0. The quantitative estimate of drug-likeness (QED) is 0.464.